The summed E-state index contributed by atoms with van der Waals surface area (Å²) in [6, 6.07) is 4.01. The maximum Gasteiger partial charge on any atom is 0.274 e. The topological polar surface area (TPSA) is 96.4 Å². The average Bonchev–Trinajstić information content (AvgIpc) is 3.35. The Morgan fingerprint density at radius 1 is 1.16 bits per heavy atom. The summed E-state index contributed by atoms with van der Waals surface area (Å²) >= 11 is 0.984. The molecule has 0 saturated heterocycles. The number of H-pyrrole nitrogens is 1. The number of rotatable bonds is 6. The number of carbonyl (C=O) groups excluding carboxylic acids is 1. The Labute approximate surface area is 216 Å². The molecule has 0 atom stereocenters. The summed E-state index contributed by atoms with van der Waals surface area (Å²) in [6.07, 6.45) is 1.54. The summed E-state index contributed by atoms with van der Waals surface area (Å²) in [5.41, 5.74) is -0.164. The molecule has 3 heterocycles. The maximum atomic E-state index is 15.9. The van der Waals surface area contributed by atoms with E-state index in [0.29, 0.717) is 27.0 Å². The second-order valence-electron chi connectivity index (χ2n) is 9.99. The molecule has 0 fully saturated rings. The normalized spacial score (nSPS) is 12.0. The van der Waals surface area contributed by atoms with Crippen molar-refractivity contribution in [1.29, 1.82) is 0 Å². The van der Waals surface area contributed by atoms with Crippen molar-refractivity contribution in [1.82, 2.24) is 14.9 Å². The first-order valence-electron chi connectivity index (χ1n) is 11.7. The monoisotopic (exact) mass is 529 g/mol. The number of aryl methyl sites for hydroxylation is 3. The molecule has 1 amide bonds. The maximum absolute atomic E-state index is 15.9. The zero-order chi connectivity index (χ0) is 27.4. The van der Waals surface area contributed by atoms with Crippen LogP contribution >= 0.6 is 11.3 Å². The molecule has 0 unspecified atom stereocenters. The molecule has 4 aromatic rings. The molecule has 3 N–H and O–H groups in total. The van der Waals surface area contributed by atoms with Crippen molar-refractivity contribution >= 4 is 28.1 Å². The number of aromatic amines is 1. The summed E-state index contributed by atoms with van der Waals surface area (Å²) in [5.74, 6) is -1.46. The highest BCUT2D eigenvalue weighted by Crippen LogP contribution is 2.49. The molecule has 0 aliphatic heterocycles. The molecule has 37 heavy (non-hydrogen) atoms. The third-order valence-electron chi connectivity index (χ3n) is 5.87. The van der Waals surface area contributed by atoms with Crippen LogP contribution in [0.15, 0.2) is 29.2 Å². The van der Waals surface area contributed by atoms with Gasteiger partial charge in [0, 0.05) is 30.2 Å². The van der Waals surface area contributed by atoms with Crippen LogP contribution < -0.4 is 15.6 Å². The Morgan fingerprint density at radius 2 is 1.78 bits per heavy atom. The van der Waals surface area contributed by atoms with Gasteiger partial charge in [0.25, 0.3) is 11.5 Å². The van der Waals surface area contributed by atoms with Crippen LogP contribution in [0, 0.1) is 25.5 Å². The van der Waals surface area contributed by atoms with E-state index in [1.54, 1.807) is 33.2 Å². The fourth-order valence-corrected chi connectivity index (χ4v) is 5.33. The minimum Gasteiger partial charge on any atom is -0.452 e. The van der Waals surface area contributed by atoms with Crippen LogP contribution in [0.4, 0.5) is 8.78 Å². The third-order valence-corrected chi connectivity index (χ3v) is 7.36. The van der Waals surface area contributed by atoms with E-state index >= 15 is 4.39 Å². The van der Waals surface area contributed by atoms with Crippen molar-refractivity contribution in [2.75, 3.05) is 0 Å². The third kappa shape index (κ3) is 4.91. The summed E-state index contributed by atoms with van der Waals surface area (Å²) < 4.78 is 37.2. The van der Waals surface area contributed by atoms with E-state index in [9.17, 15) is 19.1 Å². The number of halogens is 2. The van der Waals surface area contributed by atoms with Crippen molar-refractivity contribution in [2.24, 2.45) is 7.05 Å². The van der Waals surface area contributed by atoms with Crippen LogP contribution in [0.1, 0.15) is 54.2 Å². The molecule has 0 spiro atoms. The van der Waals surface area contributed by atoms with Gasteiger partial charge in [-0.25, -0.2) is 8.78 Å². The molecule has 0 aliphatic carbocycles. The van der Waals surface area contributed by atoms with Gasteiger partial charge in [-0.2, -0.15) is 0 Å². The Kier molecular flexibility index (Phi) is 6.76. The quantitative estimate of drug-likeness (QED) is 0.301. The Hall–Kier alpha value is -3.50. The second kappa shape index (κ2) is 9.42. The first-order valence-corrected chi connectivity index (χ1v) is 12.5. The van der Waals surface area contributed by atoms with Gasteiger partial charge in [-0.15, -0.1) is 11.3 Å². The van der Waals surface area contributed by atoms with Crippen molar-refractivity contribution in [3.8, 4) is 21.9 Å². The highest BCUT2D eigenvalue weighted by atomic mass is 32.1. The number of hydrogen-bond donors (Lipinski definition) is 3. The fourth-order valence-electron chi connectivity index (χ4n) is 4.20. The molecular formula is C27H29F2N3O4S. The zero-order valence-electron chi connectivity index (χ0n) is 21.7. The molecule has 1 aromatic carbocycles. The zero-order valence-corrected chi connectivity index (χ0v) is 22.5. The number of thiophene rings is 1. The van der Waals surface area contributed by atoms with Gasteiger partial charge in [0.05, 0.1) is 15.4 Å². The summed E-state index contributed by atoms with van der Waals surface area (Å²) in [6.45, 7) is 9.88. The second-order valence-corrected chi connectivity index (χ2v) is 11.0. The molecule has 10 heteroatoms. The van der Waals surface area contributed by atoms with Crippen LogP contribution in [0.25, 0.3) is 21.3 Å². The van der Waals surface area contributed by atoms with Gasteiger partial charge in [-0.1, -0.05) is 0 Å². The highest BCUT2D eigenvalue weighted by molar-refractivity contribution is 7.16. The standard InChI is InChI=1S/C27H29F2N3O4S/c1-12(2)30-25(33)18-10-16-17(11-32(7)26(34)20(16)31-18)23-22(19(29)24(37-23)27(5,6)35)36-21-13(3)8-15(28)9-14(21)4/h8-12,31,35H,1-7H3,(H,30,33). The van der Waals surface area contributed by atoms with Crippen LogP contribution in [0.5, 0.6) is 11.5 Å². The summed E-state index contributed by atoms with van der Waals surface area (Å²) in [5, 5.41) is 13.9. The van der Waals surface area contributed by atoms with Gasteiger partial charge in [0.2, 0.25) is 0 Å². The average molecular weight is 530 g/mol. The molecule has 0 radical (unpaired) electrons. The predicted molar refractivity (Wildman–Crippen MR) is 141 cm³/mol. The van der Waals surface area contributed by atoms with Crippen molar-refractivity contribution < 1.29 is 23.4 Å². The number of amides is 1. The van der Waals surface area contributed by atoms with Crippen molar-refractivity contribution in [3.63, 3.8) is 0 Å². The van der Waals surface area contributed by atoms with Crippen LogP contribution in [0.3, 0.4) is 0 Å². The van der Waals surface area contributed by atoms with E-state index < -0.39 is 17.2 Å². The van der Waals surface area contributed by atoms with Crippen LogP contribution in [-0.2, 0) is 12.6 Å². The number of aromatic nitrogens is 2. The number of aliphatic hydroxyl groups is 1. The van der Waals surface area contributed by atoms with Crippen molar-refractivity contribution in [2.45, 2.75) is 53.2 Å². The molecule has 196 valence electrons. The number of benzene rings is 1. The van der Waals surface area contributed by atoms with E-state index in [2.05, 4.69) is 10.3 Å². The van der Waals surface area contributed by atoms with Crippen molar-refractivity contribution in [3.05, 3.63) is 68.1 Å². The van der Waals surface area contributed by atoms with E-state index in [4.69, 9.17) is 4.74 Å². The number of pyridine rings is 1. The van der Waals surface area contributed by atoms with Gasteiger partial charge in [0.1, 0.15) is 22.8 Å². The lowest BCUT2D eigenvalue weighted by atomic mass is 10.1. The molecular weight excluding hydrogens is 500 g/mol. The molecule has 7 nitrogen and oxygen atoms in total. The fraction of sp³-hybridized carbons (Fsp3) is 0.333. The Balaban J connectivity index is 2.00. The molecule has 0 bridgehead atoms. The summed E-state index contributed by atoms with van der Waals surface area (Å²) in [7, 11) is 1.55. The minimum absolute atomic E-state index is 0.0326. The SMILES string of the molecule is Cc1cc(F)cc(C)c1Oc1c(-c2cn(C)c(=O)c3[nH]c(C(=O)NC(C)C)cc23)sc(C(C)(C)O)c1F. The molecule has 0 aliphatic rings. The number of ether oxygens (including phenoxy) is 1. The first kappa shape index (κ1) is 26.6. The lowest BCUT2D eigenvalue weighted by Gasteiger charge is -2.15. The Morgan fingerprint density at radius 3 is 2.35 bits per heavy atom. The summed E-state index contributed by atoms with van der Waals surface area (Å²) in [4.78, 5) is 28.8. The van der Waals surface area contributed by atoms with E-state index in [-0.39, 0.29) is 45.1 Å². The number of nitrogens with one attached hydrogen (secondary N) is 2. The number of hydrogen-bond acceptors (Lipinski definition) is 5. The molecule has 3 aromatic heterocycles. The number of carbonyl (C=O) groups is 1. The van der Waals surface area contributed by atoms with Crippen LogP contribution in [0.2, 0.25) is 0 Å². The van der Waals surface area contributed by atoms with Gasteiger partial charge in [-0.3, -0.25) is 9.59 Å². The van der Waals surface area contributed by atoms with Crippen LogP contribution in [-0.4, -0.2) is 26.6 Å². The highest BCUT2D eigenvalue weighted by Gasteiger charge is 2.32. The largest absolute Gasteiger partial charge is 0.452 e. The lowest BCUT2D eigenvalue weighted by molar-refractivity contribution is 0.0785. The van der Waals surface area contributed by atoms with E-state index in [0.717, 1.165) is 11.3 Å². The lowest BCUT2D eigenvalue weighted by Crippen LogP contribution is -2.30. The van der Waals surface area contributed by atoms with Gasteiger partial charge in [0.15, 0.2) is 11.6 Å². The van der Waals surface area contributed by atoms with Gasteiger partial charge in [-0.05, 0) is 70.9 Å². The first-order chi connectivity index (χ1) is 17.2. The predicted octanol–water partition coefficient (Wildman–Crippen LogP) is 5.65. The van der Waals surface area contributed by atoms with E-state index in [1.807, 2.05) is 13.8 Å². The number of fused-ring (bicyclic) bond motifs is 1. The van der Waals surface area contributed by atoms with Gasteiger partial charge >= 0.3 is 0 Å². The smallest absolute Gasteiger partial charge is 0.274 e. The molecule has 4 rings (SSSR count). The molecule has 0 saturated carbocycles. The Bertz CT molecular complexity index is 1570. The van der Waals surface area contributed by atoms with E-state index in [1.165, 1.54) is 30.5 Å². The number of nitrogens with zero attached hydrogens (tertiary/aromatic N) is 1. The van der Waals surface area contributed by atoms with Gasteiger partial charge < -0.3 is 24.7 Å². The minimum atomic E-state index is -1.53.